The van der Waals surface area contributed by atoms with Crippen LogP contribution in [0.4, 0.5) is 0 Å². The molecule has 1 unspecified atom stereocenters. The number of methoxy groups -OCH3 is 1. The highest BCUT2D eigenvalue weighted by atomic mass is 16.5. The molecule has 1 aromatic heterocycles. The van der Waals surface area contributed by atoms with Gasteiger partial charge in [-0.05, 0) is 36.2 Å². The van der Waals surface area contributed by atoms with Crippen molar-refractivity contribution >= 4 is 5.91 Å². The Hall–Kier alpha value is -2.31. The Bertz CT molecular complexity index is 664. The second kappa shape index (κ2) is 9.40. The molecule has 0 spiro atoms. The van der Waals surface area contributed by atoms with Crippen LogP contribution in [0.3, 0.4) is 0 Å². The van der Waals surface area contributed by atoms with Crippen LogP contribution in [-0.2, 0) is 16.0 Å². The van der Waals surface area contributed by atoms with Crippen LogP contribution in [0.1, 0.15) is 23.8 Å². The van der Waals surface area contributed by atoms with E-state index in [9.17, 15) is 4.79 Å². The van der Waals surface area contributed by atoms with Crippen molar-refractivity contribution in [3.63, 3.8) is 0 Å². The number of rotatable bonds is 8. The zero-order valence-corrected chi connectivity index (χ0v) is 15.1. The molecule has 1 aliphatic heterocycles. The van der Waals surface area contributed by atoms with E-state index in [1.54, 1.807) is 13.4 Å². The number of amides is 1. The number of hydrogen-bond acceptors (Lipinski definition) is 5. The molecule has 0 bridgehead atoms. The van der Waals surface area contributed by atoms with Crippen molar-refractivity contribution in [1.82, 2.24) is 10.2 Å². The monoisotopic (exact) mass is 358 g/mol. The van der Waals surface area contributed by atoms with Gasteiger partial charge in [-0.2, -0.15) is 0 Å². The molecule has 1 amide bonds. The SMILES string of the molecule is COc1ccc(CCC(=O)NCC(c2ccco2)N2CCOCC2)cc1. The molecule has 1 atom stereocenters. The van der Waals surface area contributed by atoms with Crippen molar-refractivity contribution < 1.29 is 18.7 Å². The van der Waals surface area contributed by atoms with Crippen LogP contribution >= 0.6 is 0 Å². The number of hydrogen-bond donors (Lipinski definition) is 1. The molecule has 6 nitrogen and oxygen atoms in total. The van der Waals surface area contributed by atoms with Gasteiger partial charge in [-0.1, -0.05) is 12.1 Å². The number of nitrogens with zero attached hydrogens (tertiary/aromatic N) is 1. The Labute approximate surface area is 154 Å². The lowest BCUT2D eigenvalue weighted by Gasteiger charge is -2.33. The maximum absolute atomic E-state index is 12.3. The molecule has 1 aromatic carbocycles. The number of morpholine rings is 1. The van der Waals surface area contributed by atoms with Crippen molar-refractivity contribution in [2.45, 2.75) is 18.9 Å². The molecule has 2 heterocycles. The van der Waals surface area contributed by atoms with Crippen molar-refractivity contribution in [3.8, 4) is 5.75 Å². The van der Waals surface area contributed by atoms with Crippen LogP contribution in [0.2, 0.25) is 0 Å². The summed E-state index contributed by atoms with van der Waals surface area (Å²) < 4.78 is 16.2. The Morgan fingerprint density at radius 1 is 1.23 bits per heavy atom. The highest BCUT2D eigenvalue weighted by molar-refractivity contribution is 5.76. The van der Waals surface area contributed by atoms with Crippen molar-refractivity contribution in [3.05, 3.63) is 54.0 Å². The average molecular weight is 358 g/mol. The Morgan fingerprint density at radius 2 is 2.00 bits per heavy atom. The summed E-state index contributed by atoms with van der Waals surface area (Å²) >= 11 is 0. The summed E-state index contributed by atoms with van der Waals surface area (Å²) in [5.41, 5.74) is 1.12. The molecule has 6 heteroatoms. The van der Waals surface area contributed by atoms with Crippen LogP contribution < -0.4 is 10.1 Å². The Morgan fingerprint density at radius 3 is 2.65 bits per heavy atom. The minimum atomic E-state index is 0.0406. The van der Waals surface area contributed by atoms with E-state index in [1.165, 1.54) is 0 Å². The van der Waals surface area contributed by atoms with Gasteiger partial charge in [0, 0.05) is 26.1 Å². The van der Waals surface area contributed by atoms with Crippen LogP contribution in [0.5, 0.6) is 5.75 Å². The number of benzene rings is 1. The lowest BCUT2D eigenvalue weighted by atomic mass is 10.1. The summed E-state index contributed by atoms with van der Waals surface area (Å²) in [6, 6.07) is 11.7. The molecule has 0 aliphatic carbocycles. The van der Waals surface area contributed by atoms with E-state index < -0.39 is 0 Å². The molecule has 3 rings (SSSR count). The van der Waals surface area contributed by atoms with Gasteiger partial charge in [-0.15, -0.1) is 0 Å². The molecular formula is C20H26N2O4. The van der Waals surface area contributed by atoms with Gasteiger partial charge in [-0.25, -0.2) is 0 Å². The van der Waals surface area contributed by atoms with Gasteiger partial charge in [0.2, 0.25) is 5.91 Å². The summed E-state index contributed by atoms with van der Waals surface area (Å²) in [4.78, 5) is 14.6. The predicted molar refractivity (Wildman–Crippen MR) is 98.2 cm³/mol. The van der Waals surface area contributed by atoms with E-state index in [-0.39, 0.29) is 11.9 Å². The summed E-state index contributed by atoms with van der Waals surface area (Å²) in [6.07, 6.45) is 2.84. The number of nitrogens with one attached hydrogen (secondary N) is 1. The number of ether oxygens (including phenoxy) is 2. The number of carbonyl (C=O) groups excluding carboxylic acids is 1. The molecular weight excluding hydrogens is 332 g/mol. The first-order chi connectivity index (χ1) is 12.8. The normalized spacial score (nSPS) is 16.2. The average Bonchev–Trinajstić information content (AvgIpc) is 3.22. The summed E-state index contributed by atoms with van der Waals surface area (Å²) in [7, 11) is 1.65. The first-order valence-electron chi connectivity index (χ1n) is 9.01. The van der Waals surface area contributed by atoms with E-state index in [4.69, 9.17) is 13.9 Å². The third kappa shape index (κ3) is 5.09. The molecule has 0 radical (unpaired) electrons. The van der Waals surface area contributed by atoms with Crippen LogP contribution in [0.25, 0.3) is 0 Å². The van der Waals surface area contributed by atoms with Gasteiger partial charge in [-0.3, -0.25) is 9.69 Å². The number of carbonyl (C=O) groups is 1. The van der Waals surface area contributed by atoms with E-state index in [0.717, 1.165) is 30.2 Å². The number of aryl methyl sites for hydroxylation is 1. The highest BCUT2D eigenvalue weighted by Crippen LogP contribution is 2.21. The fraction of sp³-hybridized carbons (Fsp3) is 0.450. The summed E-state index contributed by atoms with van der Waals surface area (Å²) in [5.74, 6) is 1.75. The minimum Gasteiger partial charge on any atom is -0.497 e. The van der Waals surface area contributed by atoms with E-state index in [0.29, 0.717) is 32.6 Å². The molecule has 140 valence electrons. The maximum atomic E-state index is 12.3. The van der Waals surface area contributed by atoms with Crippen molar-refractivity contribution in [1.29, 1.82) is 0 Å². The predicted octanol–water partition coefficient (Wildman–Crippen LogP) is 2.41. The summed E-state index contributed by atoms with van der Waals surface area (Å²) in [6.45, 7) is 3.64. The van der Waals surface area contributed by atoms with Crippen LogP contribution in [0, 0.1) is 0 Å². The molecule has 1 fully saturated rings. The maximum Gasteiger partial charge on any atom is 0.220 e. The molecule has 1 N–H and O–H groups in total. The van der Waals surface area contributed by atoms with E-state index in [1.807, 2.05) is 36.4 Å². The first-order valence-corrected chi connectivity index (χ1v) is 9.01. The molecule has 1 saturated heterocycles. The molecule has 0 saturated carbocycles. The third-order valence-corrected chi connectivity index (χ3v) is 4.65. The zero-order chi connectivity index (χ0) is 18.2. The fourth-order valence-corrected chi connectivity index (χ4v) is 3.13. The smallest absolute Gasteiger partial charge is 0.220 e. The van der Waals surface area contributed by atoms with E-state index >= 15 is 0 Å². The third-order valence-electron chi connectivity index (χ3n) is 4.65. The Balaban J connectivity index is 1.50. The van der Waals surface area contributed by atoms with Gasteiger partial charge in [0.1, 0.15) is 11.5 Å². The van der Waals surface area contributed by atoms with Gasteiger partial charge >= 0.3 is 0 Å². The first kappa shape index (κ1) is 18.5. The number of furan rings is 1. The lowest BCUT2D eigenvalue weighted by Crippen LogP contribution is -2.43. The molecule has 2 aromatic rings. The van der Waals surface area contributed by atoms with Gasteiger partial charge < -0.3 is 19.2 Å². The molecule has 26 heavy (non-hydrogen) atoms. The Kier molecular flexibility index (Phi) is 6.68. The summed E-state index contributed by atoms with van der Waals surface area (Å²) in [5, 5.41) is 3.06. The lowest BCUT2D eigenvalue weighted by molar-refractivity contribution is -0.121. The fourth-order valence-electron chi connectivity index (χ4n) is 3.13. The highest BCUT2D eigenvalue weighted by Gasteiger charge is 2.25. The van der Waals surface area contributed by atoms with Crippen LogP contribution in [-0.4, -0.2) is 50.8 Å². The molecule has 1 aliphatic rings. The quantitative estimate of drug-likeness (QED) is 0.785. The second-order valence-corrected chi connectivity index (χ2v) is 6.33. The zero-order valence-electron chi connectivity index (χ0n) is 15.1. The van der Waals surface area contributed by atoms with Gasteiger partial charge in [0.15, 0.2) is 0 Å². The van der Waals surface area contributed by atoms with Gasteiger partial charge in [0.05, 0.1) is 32.6 Å². The van der Waals surface area contributed by atoms with E-state index in [2.05, 4.69) is 10.2 Å². The standard InChI is InChI=1S/C20H26N2O4/c1-24-17-7-4-16(5-8-17)6-9-20(23)21-15-18(19-3-2-12-26-19)22-10-13-25-14-11-22/h2-5,7-8,12,18H,6,9-11,13-15H2,1H3,(H,21,23). The van der Waals surface area contributed by atoms with Crippen molar-refractivity contribution in [2.75, 3.05) is 40.0 Å². The largest absolute Gasteiger partial charge is 0.497 e. The topological polar surface area (TPSA) is 63.9 Å². The minimum absolute atomic E-state index is 0.0406. The van der Waals surface area contributed by atoms with Crippen LogP contribution in [0.15, 0.2) is 47.1 Å². The second-order valence-electron chi connectivity index (χ2n) is 6.33. The van der Waals surface area contributed by atoms with Crippen molar-refractivity contribution in [2.24, 2.45) is 0 Å². The van der Waals surface area contributed by atoms with Gasteiger partial charge in [0.25, 0.3) is 0 Å².